The molecule has 0 aromatic heterocycles. The summed E-state index contributed by atoms with van der Waals surface area (Å²) in [5, 5.41) is 30.3. The van der Waals surface area contributed by atoms with E-state index in [1.54, 1.807) is 27.7 Å². The lowest BCUT2D eigenvalue weighted by Crippen LogP contribution is -1.57. The molecule has 0 unspecified atom stereocenters. The van der Waals surface area contributed by atoms with Crippen LogP contribution in [0.4, 0.5) is 0 Å². The molecule has 0 aliphatic carbocycles. The summed E-state index contributed by atoms with van der Waals surface area (Å²) in [6, 6.07) is 0. The molecule has 5 nitrogen and oxygen atoms in total. The van der Waals surface area contributed by atoms with Gasteiger partial charge in [-0.2, -0.15) is 0 Å². The first-order chi connectivity index (χ1) is 5.66. The average Bonchev–Trinajstić information content (AvgIpc) is 1.92. The molecule has 0 spiro atoms. The summed E-state index contributed by atoms with van der Waals surface area (Å²) in [6.07, 6.45) is 0. The zero-order chi connectivity index (χ0) is 10.8. The van der Waals surface area contributed by atoms with Crippen molar-refractivity contribution in [1.29, 1.82) is 0 Å². The van der Waals surface area contributed by atoms with E-state index < -0.39 is 0 Å². The Morgan fingerprint density at radius 2 is 0.571 bits per heavy atom. The summed E-state index contributed by atoms with van der Waals surface area (Å²) in [5.74, 6) is 0. The lowest BCUT2D eigenvalue weighted by Gasteiger charge is -1.52. The van der Waals surface area contributed by atoms with Crippen LogP contribution < -0.4 is 6.15 Å². The van der Waals surface area contributed by atoms with Crippen molar-refractivity contribution in [2.75, 3.05) is 26.4 Å². The maximum atomic E-state index is 7.57. The van der Waals surface area contributed by atoms with Gasteiger partial charge in [-0.25, -0.2) is 0 Å². The second kappa shape index (κ2) is 114. The van der Waals surface area contributed by atoms with Gasteiger partial charge in [-0.1, -0.05) is 0 Å². The molecule has 0 bridgehead atoms. The standard InChI is InChI=1S/4C2H6O.ClH.H3N/c4*1-2-3;;/h4*3H,2H2,1H3;1H;1H3. The van der Waals surface area contributed by atoms with Crippen molar-refractivity contribution < 1.29 is 20.4 Å². The fourth-order valence-corrected chi connectivity index (χ4v) is 0. The molecule has 0 atom stereocenters. The summed E-state index contributed by atoms with van der Waals surface area (Å²) in [4.78, 5) is 0. The normalized spacial score (nSPS) is 5.14. The first-order valence-corrected chi connectivity index (χ1v) is 4.09. The minimum atomic E-state index is 0. The van der Waals surface area contributed by atoms with Gasteiger partial charge in [-0.05, 0) is 27.7 Å². The third kappa shape index (κ3) is 184000. The van der Waals surface area contributed by atoms with Crippen molar-refractivity contribution in [3.8, 4) is 0 Å². The van der Waals surface area contributed by atoms with Crippen LogP contribution >= 0.6 is 12.4 Å². The number of hydrogen-bond donors (Lipinski definition) is 5. The fraction of sp³-hybridized carbons (Fsp3) is 1.00. The Morgan fingerprint density at radius 1 is 0.571 bits per heavy atom. The van der Waals surface area contributed by atoms with E-state index in [-0.39, 0.29) is 45.0 Å². The molecule has 0 aromatic carbocycles. The molecule has 0 amide bonds. The van der Waals surface area contributed by atoms with E-state index in [0.29, 0.717) is 0 Å². The molecule has 7 N–H and O–H groups in total. The van der Waals surface area contributed by atoms with Gasteiger partial charge in [0.1, 0.15) is 0 Å². The Morgan fingerprint density at radius 3 is 0.571 bits per heavy atom. The molecule has 0 aromatic rings. The number of halogens is 1. The van der Waals surface area contributed by atoms with Crippen LogP contribution in [-0.2, 0) is 0 Å². The molecule has 0 radical (unpaired) electrons. The van der Waals surface area contributed by atoms with Gasteiger partial charge in [0, 0.05) is 26.4 Å². The lowest BCUT2D eigenvalue weighted by molar-refractivity contribution is 0.318. The fourth-order valence-electron chi connectivity index (χ4n) is 0. The van der Waals surface area contributed by atoms with Crippen LogP contribution in [0.2, 0.25) is 0 Å². The van der Waals surface area contributed by atoms with Gasteiger partial charge in [-0.15, -0.1) is 12.4 Å². The van der Waals surface area contributed by atoms with Crippen molar-refractivity contribution in [2.45, 2.75) is 27.7 Å². The Balaban J connectivity index is -0.0000000145. The van der Waals surface area contributed by atoms with Crippen molar-refractivity contribution in [3.05, 3.63) is 0 Å². The van der Waals surface area contributed by atoms with E-state index in [1.807, 2.05) is 0 Å². The van der Waals surface area contributed by atoms with Gasteiger partial charge in [0.15, 0.2) is 0 Å². The first-order valence-electron chi connectivity index (χ1n) is 4.09. The van der Waals surface area contributed by atoms with Crippen LogP contribution in [-0.4, -0.2) is 46.9 Å². The van der Waals surface area contributed by atoms with Crippen LogP contribution in [0.1, 0.15) is 27.7 Å². The average molecular weight is 238 g/mol. The molecule has 96 valence electrons. The maximum absolute atomic E-state index is 7.57. The predicted molar refractivity (Wildman–Crippen MR) is 63.3 cm³/mol. The molecule has 14 heavy (non-hydrogen) atoms. The highest BCUT2D eigenvalue weighted by Crippen LogP contribution is 1.30. The number of aliphatic hydroxyl groups excluding tert-OH is 4. The van der Waals surface area contributed by atoms with E-state index in [9.17, 15) is 0 Å². The second-order valence-electron chi connectivity index (χ2n) is 1.26. The van der Waals surface area contributed by atoms with Crippen LogP contribution in [0.5, 0.6) is 0 Å². The van der Waals surface area contributed by atoms with Crippen molar-refractivity contribution in [1.82, 2.24) is 6.15 Å². The molecule has 0 aliphatic rings. The maximum Gasteiger partial charge on any atom is 0.0402 e. The highest BCUT2D eigenvalue weighted by molar-refractivity contribution is 5.85. The molecule has 0 heterocycles. The molecule has 0 fully saturated rings. The Bertz CT molecular complexity index is 29.3. The van der Waals surface area contributed by atoms with Crippen LogP contribution in [0.25, 0.3) is 0 Å². The third-order valence-electron chi connectivity index (χ3n) is 0. The molecule has 0 saturated heterocycles. The lowest BCUT2D eigenvalue weighted by atomic mass is 10.9. The van der Waals surface area contributed by atoms with Gasteiger partial charge in [0.05, 0.1) is 0 Å². The summed E-state index contributed by atoms with van der Waals surface area (Å²) in [6.45, 7) is 7.72. The largest absolute Gasteiger partial charge is 0.397 e. The van der Waals surface area contributed by atoms with E-state index in [2.05, 4.69) is 0 Å². The van der Waals surface area contributed by atoms with Crippen molar-refractivity contribution in [2.24, 2.45) is 0 Å². The minimum Gasteiger partial charge on any atom is -0.397 e. The highest BCUT2D eigenvalue weighted by atomic mass is 35.5. The highest BCUT2D eigenvalue weighted by Gasteiger charge is 1.35. The number of hydrogen-bond acceptors (Lipinski definition) is 5. The zero-order valence-electron chi connectivity index (χ0n) is 9.73. The summed E-state index contributed by atoms with van der Waals surface area (Å²) in [5.41, 5.74) is 0. The SMILES string of the molecule is CCO.CCO.CCO.CCO.Cl.N. The third-order valence-corrected chi connectivity index (χ3v) is 0. The first kappa shape index (κ1) is 36.9. The summed E-state index contributed by atoms with van der Waals surface area (Å²) in [7, 11) is 0. The smallest absolute Gasteiger partial charge is 0.0402 e. The summed E-state index contributed by atoms with van der Waals surface area (Å²) < 4.78 is 0. The van der Waals surface area contributed by atoms with Gasteiger partial charge in [0.25, 0.3) is 0 Å². The van der Waals surface area contributed by atoms with Gasteiger partial charge < -0.3 is 26.6 Å². The Kier molecular flexibility index (Phi) is 301. The van der Waals surface area contributed by atoms with Crippen LogP contribution in [0.3, 0.4) is 0 Å². The van der Waals surface area contributed by atoms with Crippen molar-refractivity contribution >= 4 is 12.4 Å². The quantitative estimate of drug-likeness (QED) is 0.423. The van der Waals surface area contributed by atoms with Gasteiger partial charge in [-0.3, -0.25) is 0 Å². The predicted octanol–water partition coefficient (Wildman–Crippen LogP) is 0.578. The van der Waals surface area contributed by atoms with Crippen LogP contribution in [0, 0.1) is 0 Å². The van der Waals surface area contributed by atoms with E-state index >= 15 is 0 Å². The minimum absolute atomic E-state index is 0. The monoisotopic (exact) mass is 237 g/mol. The van der Waals surface area contributed by atoms with Gasteiger partial charge in [0.2, 0.25) is 0 Å². The Hall–Kier alpha value is 0.0900. The van der Waals surface area contributed by atoms with E-state index in [4.69, 9.17) is 20.4 Å². The zero-order valence-corrected chi connectivity index (χ0v) is 10.5. The Labute approximate surface area is 93.8 Å². The second-order valence-corrected chi connectivity index (χ2v) is 1.26. The number of aliphatic hydroxyl groups is 4. The molecular weight excluding hydrogens is 210 g/mol. The molecular formula is C8H28ClNO4. The van der Waals surface area contributed by atoms with E-state index in [0.717, 1.165) is 0 Å². The summed E-state index contributed by atoms with van der Waals surface area (Å²) >= 11 is 0. The van der Waals surface area contributed by atoms with Crippen molar-refractivity contribution in [3.63, 3.8) is 0 Å². The molecule has 0 saturated carbocycles. The van der Waals surface area contributed by atoms with E-state index in [1.165, 1.54) is 0 Å². The topological polar surface area (TPSA) is 116 Å². The number of rotatable bonds is 0. The van der Waals surface area contributed by atoms with Crippen LogP contribution in [0.15, 0.2) is 0 Å². The molecule has 6 heteroatoms. The molecule has 0 aliphatic heterocycles. The van der Waals surface area contributed by atoms with Gasteiger partial charge >= 0.3 is 0 Å². The molecule has 0 rings (SSSR count).